The molecule has 3 heterocycles. The zero-order valence-electron chi connectivity index (χ0n) is 19.0. The SMILES string of the molecule is CC(C)CC#Cc1ccc([C@@H]2[C@@H](CO)N3C(=O)CN(C(=O)CN4CCOCC4)C[C@H]23)cc1. The molecule has 32 heavy (non-hydrogen) atoms. The van der Waals surface area contributed by atoms with Crippen molar-refractivity contribution in [2.24, 2.45) is 5.92 Å². The Kier molecular flexibility index (Phi) is 7.14. The topological polar surface area (TPSA) is 73.3 Å². The van der Waals surface area contributed by atoms with E-state index in [1.807, 2.05) is 24.3 Å². The number of hydrogen-bond donors (Lipinski definition) is 1. The van der Waals surface area contributed by atoms with Gasteiger partial charge < -0.3 is 19.6 Å². The average molecular weight is 440 g/mol. The van der Waals surface area contributed by atoms with Gasteiger partial charge in [0.2, 0.25) is 11.8 Å². The van der Waals surface area contributed by atoms with Crippen molar-refractivity contribution in [3.05, 3.63) is 35.4 Å². The van der Waals surface area contributed by atoms with E-state index in [-0.39, 0.29) is 43.0 Å². The van der Waals surface area contributed by atoms with Crippen LogP contribution in [0.15, 0.2) is 24.3 Å². The minimum Gasteiger partial charge on any atom is -0.394 e. The minimum absolute atomic E-state index is 0.0122. The van der Waals surface area contributed by atoms with Crippen molar-refractivity contribution in [3.63, 3.8) is 0 Å². The molecule has 0 spiro atoms. The second-order valence-electron chi connectivity index (χ2n) is 9.33. The third-order valence-electron chi connectivity index (χ3n) is 6.61. The average Bonchev–Trinajstić information content (AvgIpc) is 2.76. The van der Waals surface area contributed by atoms with Gasteiger partial charge in [-0.15, -0.1) is 0 Å². The lowest BCUT2D eigenvalue weighted by molar-refractivity contribution is -0.167. The highest BCUT2D eigenvalue weighted by Gasteiger charge is 2.54. The monoisotopic (exact) mass is 439 g/mol. The number of amides is 2. The molecule has 2 amide bonds. The third-order valence-corrected chi connectivity index (χ3v) is 6.61. The van der Waals surface area contributed by atoms with Crippen LogP contribution >= 0.6 is 0 Å². The Hall–Kier alpha value is -2.40. The van der Waals surface area contributed by atoms with Crippen LogP contribution in [0.2, 0.25) is 0 Å². The highest BCUT2D eigenvalue weighted by molar-refractivity contribution is 5.88. The molecule has 3 aliphatic heterocycles. The summed E-state index contributed by atoms with van der Waals surface area (Å²) in [7, 11) is 0. The van der Waals surface area contributed by atoms with E-state index >= 15 is 0 Å². The maximum Gasteiger partial charge on any atom is 0.242 e. The third kappa shape index (κ3) is 4.83. The number of fused-ring (bicyclic) bond motifs is 1. The maximum atomic E-state index is 12.9. The Morgan fingerprint density at radius 2 is 1.94 bits per heavy atom. The van der Waals surface area contributed by atoms with Gasteiger partial charge in [0.1, 0.15) is 0 Å². The van der Waals surface area contributed by atoms with Crippen molar-refractivity contribution in [2.75, 3.05) is 52.5 Å². The summed E-state index contributed by atoms with van der Waals surface area (Å²) in [6.07, 6.45) is 0.866. The molecule has 7 heteroatoms. The summed E-state index contributed by atoms with van der Waals surface area (Å²) < 4.78 is 5.35. The largest absolute Gasteiger partial charge is 0.394 e. The van der Waals surface area contributed by atoms with E-state index in [0.29, 0.717) is 32.2 Å². The summed E-state index contributed by atoms with van der Waals surface area (Å²) in [5.41, 5.74) is 2.04. The molecule has 0 bridgehead atoms. The van der Waals surface area contributed by atoms with Crippen molar-refractivity contribution < 1.29 is 19.4 Å². The van der Waals surface area contributed by atoms with Crippen molar-refractivity contribution in [2.45, 2.75) is 38.3 Å². The Morgan fingerprint density at radius 3 is 2.59 bits per heavy atom. The van der Waals surface area contributed by atoms with Crippen LogP contribution in [0.25, 0.3) is 0 Å². The van der Waals surface area contributed by atoms with Gasteiger partial charge in [-0.25, -0.2) is 0 Å². The van der Waals surface area contributed by atoms with Crippen LogP contribution in [0, 0.1) is 17.8 Å². The van der Waals surface area contributed by atoms with Crippen molar-refractivity contribution in [3.8, 4) is 11.8 Å². The molecule has 3 saturated heterocycles. The molecule has 0 aliphatic carbocycles. The number of carbonyl (C=O) groups is 2. The molecule has 3 atom stereocenters. The smallest absolute Gasteiger partial charge is 0.242 e. The molecule has 0 unspecified atom stereocenters. The van der Waals surface area contributed by atoms with Crippen molar-refractivity contribution in [1.29, 1.82) is 0 Å². The molecule has 1 aromatic carbocycles. The number of piperazine rings is 1. The van der Waals surface area contributed by atoms with Gasteiger partial charge in [0.05, 0.1) is 45.0 Å². The van der Waals surface area contributed by atoms with Crippen LogP contribution in [0.4, 0.5) is 0 Å². The standard InChI is InChI=1S/C25H33N3O4/c1-18(2)4-3-5-19-6-8-20(9-7-19)25-21-14-27(16-24(31)28(21)22(25)17-29)23(30)15-26-10-12-32-13-11-26/h6-9,18,21-22,25,29H,4,10-17H2,1-2H3/t21-,22-,25+/m1/s1. The van der Waals surface area contributed by atoms with Gasteiger partial charge in [-0.1, -0.05) is 37.8 Å². The second kappa shape index (κ2) is 10.0. The lowest BCUT2D eigenvalue weighted by Crippen LogP contribution is -2.73. The molecule has 7 nitrogen and oxygen atoms in total. The van der Waals surface area contributed by atoms with Crippen LogP contribution in [-0.2, 0) is 14.3 Å². The van der Waals surface area contributed by atoms with E-state index in [2.05, 4.69) is 30.6 Å². The van der Waals surface area contributed by atoms with Crippen LogP contribution < -0.4 is 0 Å². The Labute approximate surface area is 190 Å². The summed E-state index contributed by atoms with van der Waals surface area (Å²) >= 11 is 0. The summed E-state index contributed by atoms with van der Waals surface area (Å²) in [5.74, 6) is 6.87. The van der Waals surface area contributed by atoms with Gasteiger partial charge in [0.25, 0.3) is 0 Å². The zero-order chi connectivity index (χ0) is 22.7. The number of aliphatic hydroxyl groups excluding tert-OH is 1. The molecule has 1 aromatic rings. The van der Waals surface area contributed by atoms with E-state index in [1.54, 1.807) is 9.80 Å². The fourth-order valence-electron chi connectivity index (χ4n) is 4.89. The summed E-state index contributed by atoms with van der Waals surface area (Å²) in [6.45, 7) is 7.90. The van der Waals surface area contributed by atoms with E-state index < -0.39 is 0 Å². The number of aliphatic hydroxyl groups is 1. The van der Waals surface area contributed by atoms with Gasteiger partial charge in [-0.2, -0.15) is 0 Å². The minimum atomic E-state index is -0.234. The number of ether oxygens (including phenoxy) is 1. The molecule has 1 N–H and O–H groups in total. The number of hydrogen-bond acceptors (Lipinski definition) is 5. The van der Waals surface area contributed by atoms with Crippen LogP contribution in [-0.4, -0.2) is 96.2 Å². The van der Waals surface area contributed by atoms with Gasteiger partial charge in [-0.05, 0) is 23.6 Å². The Balaban J connectivity index is 1.44. The number of nitrogens with zero attached hydrogens (tertiary/aromatic N) is 3. The Morgan fingerprint density at radius 1 is 1.22 bits per heavy atom. The first-order valence-corrected chi connectivity index (χ1v) is 11.6. The second-order valence-corrected chi connectivity index (χ2v) is 9.33. The van der Waals surface area contributed by atoms with Gasteiger partial charge in [0, 0.05) is 37.5 Å². The molecule has 0 saturated carbocycles. The van der Waals surface area contributed by atoms with Crippen molar-refractivity contribution in [1.82, 2.24) is 14.7 Å². The molecule has 3 fully saturated rings. The quantitative estimate of drug-likeness (QED) is 0.691. The van der Waals surface area contributed by atoms with Crippen LogP contribution in [0.3, 0.4) is 0 Å². The first-order chi connectivity index (χ1) is 15.5. The van der Waals surface area contributed by atoms with E-state index in [1.165, 1.54) is 0 Å². The molecule has 0 radical (unpaired) electrons. The highest BCUT2D eigenvalue weighted by atomic mass is 16.5. The molecule has 3 aliphatic rings. The number of carbonyl (C=O) groups excluding carboxylic acids is 2. The van der Waals surface area contributed by atoms with Gasteiger partial charge in [0.15, 0.2) is 0 Å². The molecular weight excluding hydrogens is 406 g/mol. The lowest BCUT2D eigenvalue weighted by Gasteiger charge is -2.58. The lowest BCUT2D eigenvalue weighted by atomic mass is 9.73. The van der Waals surface area contributed by atoms with Gasteiger partial charge >= 0.3 is 0 Å². The number of rotatable bonds is 5. The first kappa shape index (κ1) is 22.8. The molecular formula is C25H33N3O4. The van der Waals surface area contributed by atoms with Crippen molar-refractivity contribution >= 4 is 11.8 Å². The number of benzene rings is 1. The fourth-order valence-corrected chi connectivity index (χ4v) is 4.89. The molecule has 4 rings (SSSR count). The van der Waals surface area contributed by atoms with Crippen LogP contribution in [0.5, 0.6) is 0 Å². The summed E-state index contributed by atoms with van der Waals surface area (Å²) in [6, 6.07) is 7.77. The molecule has 0 aromatic heterocycles. The highest BCUT2D eigenvalue weighted by Crippen LogP contribution is 2.42. The number of morpholine rings is 1. The predicted octanol–water partition coefficient (Wildman–Crippen LogP) is 0.914. The summed E-state index contributed by atoms with van der Waals surface area (Å²) in [5, 5.41) is 9.97. The fraction of sp³-hybridized carbons (Fsp3) is 0.600. The normalized spacial score (nSPS) is 25.8. The maximum absolute atomic E-state index is 12.9. The molecule has 172 valence electrons. The van der Waals surface area contributed by atoms with Crippen LogP contribution in [0.1, 0.15) is 37.3 Å². The zero-order valence-corrected chi connectivity index (χ0v) is 19.0. The predicted molar refractivity (Wildman–Crippen MR) is 121 cm³/mol. The van der Waals surface area contributed by atoms with E-state index in [4.69, 9.17) is 4.74 Å². The van der Waals surface area contributed by atoms with E-state index in [9.17, 15) is 14.7 Å². The Bertz CT molecular complexity index is 883. The van der Waals surface area contributed by atoms with E-state index in [0.717, 1.165) is 30.6 Å². The summed E-state index contributed by atoms with van der Waals surface area (Å²) in [4.78, 5) is 31.2. The first-order valence-electron chi connectivity index (χ1n) is 11.6. The van der Waals surface area contributed by atoms with Gasteiger partial charge in [-0.3, -0.25) is 14.5 Å².